The Labute approximate surface area is 316 Å². The lowest BCUT2D eigenvalue weighted by Crippen LogP contribution is -2.09. The summed E-state index contributed by atoms with van der Waals surface area (Å²) >= 11 is 0. The predicted molar refractivity (Wildman–Crippen MR) is 225 cm³/mol. The highest BCUT2D eigenvalue weighted by molar-refractivity contribution is 6.09. The van der Waals surface area contributed by atoms with Gasteiger partial charge in [-0.3, -0.25) is 4.79 Å². The van der Waals surface area contributed by atoms with Crippen LogP contribution in [-0.4, -0.2) is 5.78 Å². The molecule has 0 fully saturated rings. The maximum absolute atomic E-state index is 13.4. The Morgan fingerprint density at radius 2 is 0.500 bits per heavy atom. The minimum atomic E-state index is -0.0226. The second-order valence-electron chi connectivity index (χ2n) is 12.8. The van der Waals surface area contributed by atoms with Crippen molar-refractivity contribution in [3.63, 3.8) is 0 Å². The molecule has 0 amide bonds. The van der Waals surface area contributed by atoms with Crippen molar-refractivity contribution in [3.8, 4) is 0 Å². The number of hydrogen-bond acceptors (Lipinski definition) is 5. The fourth-order valence-corrected chi connectivity index (χ4v) is 6.50. The van der Waals surface area contributed by atoms with Gasteiger partial charge in [0.2, 0.25) is 0 Å². The summed E-state index contributed by atoms with van der Waals surface area (Å²) in [5.41, 5.74) is 11.5. The summed E-state index contributed by atoms with van der Waals surface area (Å²) < 4.78 is 0. The highest BCUT2D eigenvalue weighted by Gasteiger charge is 2.14. The summed E-state index contributed by atoms with van der Waals surface area (Å²) in [4.78, 5) is 17.9. The number of nitrogens with one attached hydrogen (secondary N) is 2. The molecule has 260 valence electrons. The average molecular weight is 699 g/mol. The molecule has 0 saturated heterocycles. The number of rotatable bonds is 12. The van der Waals surface area contributed by atoms with Crippen LogP contribution in [0.1, 0.15) is 15.9 Å². The second kappa shape index (κ2) is 15.9. The Morgan fingerprint density at radius 3 is 0.759 bits per heavy atom. The van der Waals surface area contributed by atoms with Crippen molar-refractivity contribution in [3.05, 3.63) is 230 Å². The predicted octanol–water partition coefficient (Wildman–Crippen LogP) is 13.3. The molecule has 2 N–H and O–H groups in total. The molecule has 0 radical (unpaired) electrons. The molecule has 0 aliphatic rings. The quantitative estimate of drug-likeness (QED) is 0.124. The minimum Gasteiger partial charge on any atom is -0.356 e. The smallest absolute Gasteiger partial charge is 0.193 e. The van der Waals surface area contributed by atoms with Gasteiger partial charge in [-0.1, -0.05) is 72.8 Å². The molecule has 5 heteroatoms. The van der Waals surface area contributed by atoms with Crippen LogP contribution in [-0.2, 0) is 0 Å². The minimum absolute atomic E-state index is 0.0226. The molecule has 8 aromatic carbocycles. The van der Waals surface area contributed by atoms with E-state index in [1.165, 1.54) is 0 Å². The van der Waals surface area contributed by atoms with Crippen molar-refractivity contribution in [1.82, 2.24) is 0 Å². The average Bonchev–Trinajstić information content (AvgIpc) is 3.24. The van der Waals surface area contributed by atoms with Crippen LogP contribution in [0.25, 0.3) is 0 Å². The van der Waals surface area contributed by atoms with E-state index >= 15 is 0 Å². The maximum atomic E-state index is 13.4. The molecule has 0 aliphatic carbocycles. The Hall–Kier alpha value is -7.37. The second-order valence-corrected chi connectivity index (χ2v) is 12.8. The number of benzene rings is 8. The zero-order valence-corrected chi connectivity index (χ0v) is 29.6. The van der Waals surface area contributed by atoms with E-state index in [4.69, 9.17) is 0 Å². The third-order valence-electron chi connectivity index (χ3n) is 9.18. The first-order valence-electron chi connectivity index (χ1n) is 18.0. The van der Waals surface area contributed by atoms with Crippen LogP contribution in [0.15, 0.2) is 218 Å². The van der Waals surface area contributed by atoms with E-state index in [1.807, 2.05) is 72.8 Å². The first-order chi connectivity index (χ1) is 26.7. The van der Waals surface area contributed by atoms with Crippen LogP contribution in [0.2, 0.25) is 0 Å². The third-order valence-corrected chi connectivity index (χ3v) is 9.18. The number of ketones is 1. The van der Waals surface area contributed by atoms with E-state index in [0.717, 1.165) is 56.9 Å². The molecular weight excluding hydrogens is 661 g/mol. The number of hydrogen-bond donors (Lipinski definition) is 2. The van der Waals surface area contributed by atoms with Crippen molar-refractivity contribution in [2.24, 2.45) is 0 Å². The molecule has 0 saturated carbocycles. The summed E-state index contributed by atoms with van der Waals surface area (Å²) in [5, 5.41) is 6.94. The molecule has 0 spiro atoms. The van der Waals surface area contributed by atoms with Gasteiger partial charge in [-0.05, 0) is 146 Å². The molecule has 5 nitrogen and oxygen atoms in total. The van der Waals surface area contributed by atoms with Gasteiger partial charge >= 0.3 is 0 Å². The summed E-state index contributed by atoms with van der Waals surface area (Å²) in [6.45, 7) is 0. The fraction of sp³-hybridized carbons (Fsp3) is 0. The zero-order chi connectivity index (χ0) is 36.5. The van der Waals surface area contributed by atoms with Crippen LogP contribution in [0.3, 0.4) is 0 Å². The van der Waals surface area contributed by atoms with Crippen LogP contribution in [0, 0.1) is 0 Å². The highest BCUT2D eigenvalue weighted by atomic mass is 16.1. The largest absolute Gasteiger partial charge is 0.356 e. The molecule has 0 aliphatic heterocycles. The van der Waals surface area contributed by atoms with Crippen molar-refractivity contribution < 1.29 is 4.79 Å². The molecule has 54 heavy (non-hydrogen) atoms. The maximum Gasteiger partial charge on any atom is 0.193 e. The zero-order valence-electron chi connectivity index (χ0n) is 29.6. The lowest BCUT2D eigenvalue weighted by atomic mass is 10.0. The highest BCUT2D eigenvalue weighted by Crippen LogP contribution is 2.36. The Kier molecular flexibility index (Phi) is 9.93. The number of carbonyl (C=O) groups excluding carboxylic acids is 1. The molecular formula is C49H38N4O. The number of para-hydroxylation sites is 4. The van der Waals surface area contributed by atoms with E-state index in [2.05, 4.69) is 166 Å². The van der Waals surface area contributed by atoms with Gasteiger partial charge in [0.15, 0.2) is 5.78 Å². The molecule has 0 heterocycles. The van der Waals surface area contributed by atoms with E-state index in [1.54, 1.807) is 0 Å². The van der Waals surface area contributed by atoms with Gasteiger partial charge in [-0.25, -0.2) is 0 Å². The summed E-state index contributed by atoms with van der Waals surface area (Å²) in [6.07, 6.45) is 0. The Morgan fingerprint density at radius 1 is 0.278 bits per heavy atom. The third kappa shape index (κ3) is 7.76. The molecule has 0 atom stereocenters. The standard InChI is InChI=1S/C49H38N4O/c54-49(37-21-25-39(26-22-37)50-41-29-33-47(34-30-41)52(43-13-5-1-6-14-43)44-15-7-2-8-16-44)38-23-27-40(28-24-38)51-42-31-35-48(36-32-42)53(45-17-9-3-10-18-45)46-19-11-4-12-20-46/h1-36,50-51H. The van der Waals surface area contributed by atoms with Crippen LogP contribution in [0.5, 0.6) is 0 Å². The monoisotopic (exact) mass is 698 g/mol. The van der Waals surface area contributed by atoms with E-state index in [-0.39, 0.29) is 5.78 Å². The van der Waals surface area contributed by atoms with Crippen LogP contribution in [0.4, 0.5) is 56.9 Å². The van der Waals surface area contributed by atoms with Gasteiger partial charge < -0.3 is 20.4 Å². The van der Waals surface area contributed by atoms with E-state index in [0.29, 0.717) is 11.1 Å². The molecule has 0 unspecified atom stereocenters. The normalized spacial score (nSPS) is 10.7. The van der Waals surface area contributed by atoms with Crippen molar-refractivity contribution in [2.75, 3.05) is 20.4 Å². The van der Waals surface area contributed by atoms with Crippen LogP contribution < -0.4 is 20.4 Å². The summed E-state index contributed by atoms with van der Waals surface area (Å²) in [5.74, 6) is -0.0226. The van der Waals surface area contributed by atoms with Gasteiger partial charge in [0.25, 0.3) is 0 Å². The van der Waals surface area contributed by atoms with Crippen molar-refractivity contribution in [1.29, 1.82) is 0 Å². The lowest BCUT2D eigenvalue weighted by Gasteiger charge is -2.25. The van der Waals surface area contributed by atoms with Crippen LogP contribution >= 0.6 is 0 Å². The van der Waals surface area contributed by atoms with Crippen molar-refractivity contribution in [2.45, 2.75) is 0 Å². The summed E-state index contributed by atoms with van der Waals surface area (Å²) in [7, 11) is 0. The fourth-order valence-electron chi connectivity index (χ4n) is 6.50. The molecule has 0 bridgehead atoms. The Balaban J connectivity index is 0.902. The number of anilines is 10. The SMILES string of the molecule is O=C(c1ccc(Nc2ccc(N(c3ccccc3)c3ccccc3)cc2)cc1)c1ccc(Nc2ccc(N(c3ccccc3)c3ccccc3)cc2)cc1. The summed E-state index contributed by atoms with van der Waals surface area (Å²) in [6, 6.07) is 73.4. The first-order valence-corrected chi connectivity index (χ1v) is 18.0. The first kappa shape index (κ1) is 33.8. The van der Waals surface area contributed by atoms with Gasteiger partial charge in [0.05, 0.1) is 0 Å². The lowest BCUT2D eigenvalue weighted by molar-refractivity contribution is 0.103. The molecule has 0 aromatic heterocycles. The van der Waals surface area contributed by atoms with E-state index in [9.17, 15) is 4.79 Å². The number of nitrogens with zero attached hydrogens (tertiary/aromatic N) is 2. The molecule has 8 aromatic rings. The Bertz CT molecular complexity index is 2150. The molecule has 8 rings (SSSR count). The van der Waals surface area contributed by atoms with Gasteiger partial charge in [0, 0.05) is 68.0 Å². The number of carbonyl (C=O) groups is 1. The van der Waals surface area contributed by atoms with Gasteiger partial charge in [-0.15, -0.1) is 0 Å². The van der Waals surface area contributed by atoms with Gasteiger partial charge in [-0.2, -0.15) is 0 Å². The van der Waals surface area contributed by atoms with E-state index < -0.39 is 0 Å². The van der Waals surface area contributed by atoms with Gasteiger partial charge in [0.1, 0.15) is 0 Å². The topological polar surface area (TPSA) is 47.6 Å². The van der Waals surface area contributed by atoms with Crippen molar-refractivity contribution >= 4 is 62.7 Å².